The van der Waals surface area contributed by atoms with Crippen LogP contribution in [-0.4, -0.2) is 0 Å². The van der Waals surface area contributed by atoms with Gasteiger partial charge in [0.2, 0.25) is 0 Å². The average Bonchev–Trinajstić information content (AvgIpc) is 2.76. The molecule has 2 nitrogen and oxygen atoms in total. The van der Waals surface area contributed by atoms with Gasteiger partial charge >= 0.3 is 0 Å². The average molecular weight is 375 g/mol. The van der Waals surface area contributed by atoms with E-state index in [4.69, 9.17) is 4.74 Å². The van der Waals surface area contributed by atoms with Crippen molar-refractivity contribution in [3.05, 3.63) is 113 Å². The predicted molar refractivity (Wildman–Crippen MR) is 119 cm³/mol. The van der Waals surface area contributed by atoms with Crippen LogP contribution in [0.25, 0.3) is 22.4 Å². The summed E-state index contributed by atoms with van der Waals surface area (Å²) in [7, 11) is 0. The number of rotatable bonds is 5. The Kier molecular flexibility index (Phi) is 5.40. The Labute approximate surface area is 171 Å². The smallest absolute Gasteiger partial charge is 0.127 e. The molecule has 4 rings (SSSR count). The molecule has 2 heteroatoms. The van der Waals surface area contributed by atoms with Crippen molar-refractivity contribution in [2.75, 3.05) is 0 Å². The summed E-state index contributed by atoms with van der Waals surface area (Å²) in [5.74, 6) is 0.766. The molecular weight excluding hydrogens is 354 g/mol. The van der Waals surface area contributed by atoms with Gasteiger partial charge in [-0.15, -0.1) is 0 Å². The number of hydrogen-bond acceptors (Lipinski definition) is 2. The lowest BCUT2D eigenvalue weighted by Gasteiger charge is -2.11. The van der Waals surface area contributed by atoms with Crippen molar-refractivity contribution < 1.29 is 4.74 Å². The van der Waals surface area contributed by atoms with Crippen molar-refractivity contribution in [1.29, 1.82) is 5.26 Å². The van der Waals surface area contributed by atoms with Crippen LogP contribution in [0.5, 0.6) is 5.75 Å². The molecule has 0 unspecified atom stereocenters. The van der Waals surface area contributed by atoms with Crippen molar-refractivity contribution >= 4 is 22.4 Å². The Morgan fingerprint density at radius 1 is 0.897 bits per heavy atom. The number of nitrogens with zero attached hydrogens (tertiary/aromatic N) is 1. The Bertz CT molecular complexity index is 1230. The highest BCUT2D eigenvalue weighted by molar-refractivity contribution is 6.02. The van der Waals surface area contributed by atoms with Crippen molar-refractivity contribution in [2.24, 2.45) is 0 Å². The monoisotopic (exact) mass is 375 g/mol. The van der Waals surface area contributed by atoms with Gasteiger partial charge in [0.05, 0.1) is 11.6 Å². The molecule has 0 saturated carbocycles. The summed E-state index contributed by atoms with van der Waals surface area (Å²) in [5.41, 5.74) is 4.78. The molecule has 0 bridgehead atoms. The zero-order chi connectivity index (χ0) is 20.1. The van der Waals surface area contributed by atoms with Crippen molar-refractivity contribution in [3.63, 3.8) is 0 Å². The van der Waals surface area contributed by atoms with Crippen LogP contribution in [0.2, 0.25) is 0 Å². The van der Waals surface area contributed by atoms with E-state index in [0.717, 1.165) is 33.2 Å². The van der Waals surface area contributed by atoms with Gasteiger partial charge in [-0.25, -0.2) is 0 Å². The number of allylic oxidation sites excluding steroid dienone is 1. The molecule has 0 fully saturated rings. The summed E-state index contributed by atoms with van der Waals surface area (Å²) < 4.78 is 6.09. The van der Waals surface area contributed by atoms with Crippen LogP contribution in [-0.2, 0) is 6.61 Å². The van der Waals surface area contributed by atoms with Crippen LogP contribution in [0.4, 0.5) is 0 Å². The van der Waals surface area contributed by atoms with Crippen molar-refractivity contribution in [3.8, 4) is 11.8 Å². The topological polar surface area (TPSA) is 33.0 Å². The quantitative estimate of drug-likeness (QED) is 0.284. The van der Waals surface area contributed by atoms with Gasteiger partial charge in [0.15, 0.2) is 0 Å². The Morgan fingerprint density at radius 3 is 2.52 bits per heavy atom. The number of ether oxygens (including phenoxy) is 1. The largest absolute Gasteiger partial charge is 0.488 e. The van der Waals surface area contributed by atoms with Gasteiger partial charge in [-0.2, -0.15) is 5.26 Å². The summed E-state index contributed by atoms with van der Waals surface area (Å²) in [6.45, 7) is 2.56. The fourth-order valence-corrected chi connectivity index (χ4v) is 3.48. The first kappa shape index (κ1) is 18.5. The standard InChI is InChI=1S/C27H21NO/c1-20-8-6-9-21(16-20)19-29-27-15-5-3-11-23(27)17-24(18-28)26-14-7-12-22-10-2-4-13-25(22)26/h2-17H,19H2,1H3/b24-17-. The van der Waals surface area contributed by atoms with Gasteiger partial charge in [-0.1, -0.05) is 90.5 Å². The number of hydrogen-bond donors (Lipinski definition) is 0. The highest BCUT2D eigenvalue weighted by atomic mass is 16.5. The van der Waals surface area contributed by atoms with Gasteiger partial charge in [0.1, 0.15) is 12.4 Å². The van der Waals surface area contributed by atoms with Crippen LogP contribution < -0.4 is 4.74 Å². The van der Waals surface area contributed by atoms with E-state index in [9.17, 15) is 5.26 Å². The fourth-order valence-electron chi connectivity index (χ4n) is 3.48. The molecule has 140 valence electrons. The molecular formula is C27H21NO. The molecule has 0 amide bonds. The van der Waals surface area contributed by atoms with E-state index < -0.39 is 0 Å². The summed E-state index contributed by atoms with van der Waals surface area (Å²) in [5, 5.41) is 12.1. The lowest BCUT2D eigenvalue weighted by Crippen LogP contribution is -1.97. The molecule has 0 atom stereocenters. The van der Waals surface area contributed by atoms with Crippen LogP contribution in [0.1, 0.15) is 22.3 Å². The Morgan fingerprint density at radius 2 is 1.66 bits per heavy atom. The van der Waals surface area contributed by atoms with Gasteiger partial charge < -0.3 is 4.74 Å². The summed E-state index contributed by atoms with van der Waals surface area (Å²) in [6.07, 6.45) is 1.91. The molecule has 4 aromatic carbocycles. The molecule has 0 aromatic heterocycles. The second kappa shape index (κ2) is 8.46. The van der Waals surface area contributed by atoms with Gasteiger partial charge in [0.25, 0.3) is 0 Å². The number of nitriles is 1. The number of fused-ring (bicyclic) bond motifs is 1. The molecule has 0 aliphatic carbocycles. The molecule has 4 aromatic rings. The van der Waals surface area contributed by atoms with E-state index in [2.05, 4.69) is 49.4 Å². The number of para-hydroxylation sites is 1. The van der Waals surface area contributed by atoms with Crippen LogP contribution >= 0.6 is 0 Å². The normalized spacial score (nSPS) is 11.2. The first-order valence-corrected chi connectivity index (χ1v) is 9.62. The zero-order valence-electron chi connectivity index (χ0n) is 16.3. The molecule has 0 aliphatic rings. The van der Waals surface area contributed by atoms with Crippen LogP contribution in [0, 0.1) is 18.3 Å². The van der Waals surface area contributed by atoms with E-state index in [1.165, 1.54) is 5.56 Å². The first-order valence-electron chi connectivity index (χ1n) is 9.62. The Hall–Kier alpha value is -3.83. The second-order valence-corrected chi connectivity index (χ2v) is 7.01. The van der Waals surface area contributed by atoms with E-state index in [-0.39, 0.29) is 0 Å². The molecule has 0 heterocycles. The van der Waals surface area contributed by atoms with Gasteiger partial charge in [-0.3, -0.25) is 0 Å². The van der Waals surface area contributed by atoms with E-state index in [1.807, 2.05) is 60.7 Å². The minimum Gasteiger partial charge on any atom is -0.488 e. The summed E-state index contributed by atoms with van der Waals surface area (Å²) in [4.78, 5) is 0. The van der Waals surface area contributed by atoms with Crippen LogP contribution in [0.3, 0.4) is 0 Å². The third-order valence-corrected chi connectivity index (χ3v) is 4.90. The van der Waals surface area contributed by atoms with E-state index in [0.29, 0.717) is 12.2 Å². The molecule has 0 N–H and O–H groups in total. The maximum Gasteiger partial charge on any atom is 0.127 e. The molecule has 0 radical (unpaired) electrons. The maximum absolute atomic E-state index is 9.87. The number of aryl methyl sites for hydroxylation is 1. The van der Waals surface area contributed by atoms with Crippen molar-refractivity contribution in [1.82, 2.24) is 0 Å². The maximum atomic E-state index is 9.87. The molecule has 29 heavy (non-hydrogen) atoms. The van der Waals surface area contributed by atoms with Crippen molar-refractivity contribution in [2.45, 2.75) is 13.5 Å². The molecule has 0 spiro atoms. The zero-order valence-corrected chi connectivity index (χ0v) is 16.3. The third kappa shape index (κ3) is 4.20. The minimum atomic E-state index is 0.489. The SMILES string of the molecule is Cc1cccc(COc2ccccc2/C=C(/C#N)c2cccc3ccccc23)c1. The first-order chi connectivity index (χ1) is 14.2. The molecule has 0 aliphatic heterocycles. The third-order valence-electron chi connectivity index (χ3n) is 4.90. The lowest BCUT2D eigenvalue weighted by atomic mass is 9.97. The summed E-state index contributed by atoms with van der Waals surface area (Å²) >= 11 is 0. The van der Waals surface area contributed by atoms with E-state index >= 15 is 0 Å². The molecule has 0 saturated heterocycles. The van der Waals surface area contributed by atoms with Crippen LogP contribution in [0.15, 0.2) is 91.0 Å². The van der Waals surface area contributed by atoms with E-state index in [1.54, 1.807) is 0 Å². The lowest BCUT2D eigenvalue weighted by molar-refractivity contribution is 0.305. The second-order valence-electron chi connectivity index (χ2n) is 7.01. The fraction of sp³-hybridized carbons (Fsp3) is 0.0741. The van der Waals surface area contributed by atoms with Gasteiger partial charge in [0, 0.05) is 11.1 Å². The predicted octanol–water partition coefficient (Wildman–Crippen LogP) is 6.79. The Balaban J connectivity index is 1.69. The highest BCUT2D eigenvalue weighted by Gasteiger charge is 2.08. The number of benzene rings is 4. The summed E-state index contributed by atoms with van der Waals surface area (Å²) in [6, 6.07) is 32.7. The highest BCUT2D eigenvalue weighted by Crippen LogP contribution is 2.29. The van der Waals surface area contributed by atoms with Gasteiger partial charge in [-0.05, 0) is 35.4 Å². The minimum absolute atomic E-state index is 0.489.